The van der Waals surface area contributed by atoms with Crippen LogP contribution in [0.5, 0.6) is 0 Å². The number of rotatable bonds is 3. The molecule has 0 fully saturated rings. The van der Waals surface area contributed by atoms with Crippen molar-refractivity contribution in [1.82, 2.24) is 9.97 Å². The van der Waals surface area contributed by atoms with Gasteiger partial charge in [-0.05, 0) is 47.7 Å². The minimum atomic E-state index is 0.146. The lowest BCUT2D eigenvalue weighted by molar-refractivity contribution is 0.809. The summed E-state index contributed by atoms with van der Waals surface area (Å²) in [5, 5.41) is 3.38. The van der Waals surface area contributed by atoms with E-state index < -0.39 is 0 Å². The molecule has 16 heavy (non-hydrogen) atoms. The fourth-order valence-electron chi connectivity index (χ4n) is 1.46. The van der Waals surface area contributed by atoms with Crippen molar-refractivity contribution in [3.8, 4) is 0 Å². The second-order valence-corrected chi connectivity index (χ2v) is 4.74. The molecule has 84 valence electrons. The summed E-state index contributed by atoms with van der Waals surface area (Å²) in [7, 11) is 0. The Morgan fingerprint density at radius 3 is 2.94 bits per heavy atom. The average molecular weight is 328 g/mol. The maximum absolute atomic E-state index is 5.70. The van der Waals surface area contributed by atoms with E-state index in [1.165, 1.54) is 0 Å². The Labute approximate surface area is 108 Å². The number of nitrogens with zero attached hydrogens (tertiary/aromatic N) is 1. The van der Waals surface area contributed by atoms with Gasteiger partial charge in [-0.25, -0.2) is 4.98 Å². The predicted octanol–water partition coefficient (Wildman–Crippen LogP) is 2.77. The number of H-pyrrole nitrogens is 1. The van der Waals surface area contributed by atoms with Crippen LogP contribution in [0.3, 0.4) is 0 Å². The summed E-state index contributed by atoms with van der Waals surface area (Å²) in [6.07, 6.45) is 3.57. The Balaban J connectivity index is 2.15. The molecule has 4 nitrogen and oxygen atoms in total. The molecular formula is C11H13IN4. The summed E-state index contributed by atoms with van der Waals surface area (Å²) in [5.74, 6) is 0.924. The van der Waals surface area contributed by atoms with Crippen molar-refractivity contribution >= 4 is 34.0 Å². The molecule has 0 saturated carbocycles. The summed E-state index contributed by atoms with van der Waals surface area (Å²) in [6.45, 7) is 2.06. The van der Waals surface area contributed by atoms with Gasteiger partial charge in [0, 0.05) is 27.3 Å². The zero-order valence-electron chi connectivity index (χ0n) is 8.87. The lowest BCUT2D eigenvalue weighted by atomic mass is 10.2. The molecule has 0 aliphatic rings. The van der Waals surface area contributed by atoms with E-state index in [1.807, 2.05) is 24.4 Å². The smallest absolute Gasteiger partial charge is 0.128 e. The van der Waals surface area contributed by atoms with Crippen LogP contribution in [0.1, 0.15) is 18.8 Å². The molecule has 0 aliphatic carbocycles. The van der Waals surface area contributed by atoms with Crippen LogP contribution >= 0.6 is 22.6 Å². The molecule has 0 spiro atoms. The standard InChI is InChI=1S/C11H13IN4/c1-7(11-14-4-5-15-11)16-10-3-2-8(13)6-9(10)12/h2-7,16H,13H2,1H3,(H,14,15). The molecule has 2 aromatic rings. The summed E-state index contributed by atoms with van der Waals surface area (Å²) in [4.78, 5) is 7.30. The van der Waals surface area contributed by atoms with Gasteiger partial charge in [-0.15, -0.1) is 0 Å². The maximum Gasteiger partial charge on any atom is 0.128 e. The van der Waals surface area contributed by atoms with Gasteiger partial charge in [0.05, 0.1) is 6.04 Å². The van der Waals surface area contributed by atoms with Crippen LogP contribution in [0.4, 0.5) is 11.4 Å². The van der Waals surface area contributed by atoms with Crippen molar-refractivity contribution in [1.29, 1.82) is 0 Å². The van der Waals surface area contributed by atoms with Crippen LogP contribution < -0.4 is 11.1 Å². The number of halogens is 1. The Kier molecular flexibility index (Phi) is 3.33. The molecule has 0 aliphatic heterocycles. The summed E-state index contributed by atoms with van der Waals surface area (Å²) in [6, 6.07) is 5.96. The summed E-state index contributed by atoms with van der Waals surface area (Å²) < 4.78 is 1.11. The van der Waals surface area contributed by atoms with E-state index in [9.17, 15) is 0 Å². The zero-order valence-corrected chi connectivity index (χ0v) is 11.0. The quantitative estimate of drug-likeness (QED) is 0.600. The van der Waals surface area contributed by atoms with E-state index in [-0.39, 0.29) is 6.04 Å². The number of aromatic amines is 1. The topological polar surface area (TPSA) is 66.7 Å². The Morgan fingerprint density at radius 2 is 2.31 bits per heavy atom. The van der Waals surface area contributed by atoms with Crippen LogP contribution in [-0.4, -0.2) is 9.97 Å². The van der Waals surface area contributed by atoms with Crippen molar-refractivity contribution < 1.29 is 0 Å². The van der Waals surface area contributed by atoms with Crippen LogP contribution in [0.15, 0.2) is 30.6 Å². The highest BCUT2D eigenvalue weighted by Gasteiger charge is 2.08. The van der Waals surface area contributed by atoms with Crippen molar-refractivity contribution in [2.24, 2.45) is 0 Å². The largest absolute Gasteiger partial charge is 0.399 e. The van der Waals surface area contributed by atoms with Gasteiger partial charge in [-0.3, -0.25) is 0 Å². The van der Waals surface area contributed by atoms with Crippen molar-refractivity contribution in [3.63, 3.8) is 0 Å². The first-order chi connectivity index (χ1) is 7.66. The monoisotopic (exact) mass is 328 g/mol. The third kappa shape index (κ3) is 2.46. The molecule has 0 bridgehead atoms. The van der Waals surface area contributed by atoms with Gasteiger partial charge < -0.3 is 16.0 Å². The minimum absolute atomic E-state index is 0.146. The fourth-order valence-corrected chi connectivity index (χ4v) is 2.16. The lowest BCUT2D eigenvalue weighted by Crippen LogP contribution is -2.09. The molecule has 4 N–H and O–H groups in total. The normalized spacial score (nSPS) is 12.4. The van der Waals surface area contributed by atoms with E-state index >= 15 is 0 Å². The van der Waals surface area contributed by atoms with E-state index in [0.29, 0.717) is 0 Å². The van der Waals surface area contributed by atoms with Gasteiger partial charge in [0.25, 0.3) is 0 Å². The maximum atomic E-state index is 5.70. The van der Waals surface area contributed by atoms with Gasteiger partial charge in [-0.2, -0.15) is 0 Å². The molecule has 1 aromatic heterocycles. The number of imidazole rings is 1. The van der Waals surface area contributed by atoms with Gasteiger partial charge in [-0.1, -0.05) is 0 Å². The molecule has 1 aromatic carbocycles. The van der Waals surface area contributed by atoms with E-state index in [0.717, 1.165) is 20.8 Å². The van der Waals surface area contributed by atoms with Gasteiger partial charge in [0.1, 0.15) is 5.82 Å². The molecule has 2 rings (SSSR count). The number of hydrogen-bond acceptors (Lipinski definition) is 3. The average Bonchev–Trinajstić information content (AvgIpc) is 2.75. The molecule has 0 saturated heterocycles. The van der Waals surface area contributed by atoms with Gasteiger partial charge >= 0.3 is 0 Å². The van der Waals surface area contributed by atoms with Crippen LogP contribution in [-0.2, 0) is 0 Å². The molecule has 1 unspecified atom stereocenters. The Hall–Kier alpha value is -1.24. The number of anilines is 2. The Morgan fingerprint density at radius 1 is 1.50 bits per heavy atom. The van der Waals surface area contributed by atoms with Crippen molar-refractivity contribution in [2.75, 3.05) is 11.1 Å². The number of nitrogens with one attached hydrogen (secondary N) is 2. The molecular weight excluding hydrogens is 315 g/mol. The molecule has 1 heterocycles. The van der Waals surface area contributed by atoms with Crippen molar-refractivity contribution in [3.05, 3.63) is 40.0 Å². The number of hydrogen-bond donors (Lipinski definition) is 3. The molecule has 1 atom stereocenters. The molecule has 0 amide bonds. The number of aromatic nitrogens is 2. The SMILES string of the molecule is CC(Nc1ccc(N)cc1I)c1ncc[nH]1. The van der Waals surface area contributed by atoms with Crippen LogP contribution in [0.2, 0.25) is 0 Å². The summed E-state index contributed by atoms with van der Waals surface area (Å²) in [5.41, 5.74) is 7.55. The zero-order chi connectivity index (χ0) is 11.5. The van der Waals surface area contributed by atoms with Gasteiger partial charge in [0.15, 0.2) is 0 Å². The van der Waals surface area contributed by atoms with Gasteiger partial charge in [0.2, 0.25) is 0 Å². The second kappa shape index (κ2) is 4.73. The third-order valence-corrected chi connectivity index (χ3v) is 3.19. The third-order valence-electron chi connectivity index (χ3n) is 2.29. The van der Waals surface area contributed by atoms with Crippen LogP contribution in [0, 0.1) is 3.57 Å². The number of nitrogen functional groups attached to an aromatic ring is 1. The number of benzene rings is 1. The van der Waals surface area contributed by atoms with E-state index in [1.54, 1.807) is 6.20 Å². The Bertz CT molecular complexity index is 467. The predicted molar refractivity (Wildman–Crippen MR) is 74.2 cm³/mol. The van der Waals surface area contributed by atoms with Crippen LogP contribution in [0.25, 0.3) is 0 Å². The molecule has 0 radical (unpaired) electrons. The highest BCUT2D eigenvalue weighted by Crippen LogP contribution is 2.24. The van der Waals surface area contributed by atoms with Crippen molar-refractivity contribution in [2.45, 2.75) is 13.0 Å². The van der Waals surface area contributed by atoms with E-state index in [4.69, 9.17) is 5.73 Å². The second-order valence-electron chi connectivity index (χ2n) is 3.58. The van der Waals surface area contributed by atoms with E-state index in [2.05, 4.69) is 44.8 Å². The highest BCUT2D eigenvalue weighted by molar-refractivity contribution is 14.1. The fraction of sp³-hybridized carbons (Fsp3) is 0.182. The first-order valence-electron chi connectivity index (χ1n) is 4.97. The molecule has 5 heteroatoms. The number of nitrogens with two attached hydrogens (primary N) is 1. The minimum Gasteiger partial charge on any atom is -0.399 e. The first kappa shape index (κ1) is 11.3. The summed E-state index contributed by atoms with van der Waals surface area (Å²) >= 11 is 2.26. The first-order valence-corrected chi connectivity index (χ1v) is 6.05. The lowest BCUT2D eigenvalue weighted by Gasteiger charge is -2.14. The highest BCUT2D eigenvalue weighted by atomic mass is 127.